The Morgan fingerprint density at radius 1 is 1.28 bits per heavy atom. The maximum absolute atomic E-state index is 9.64. The molecule has 0 saturated carbocycles. The summed E-state index contributed by atoms with van der Waals surface area (Å²) in [7, 11) is -1.14. The molecular weight excluding hydrogens is 592 g/mol. The molecule has 1 fully saturated rings. The Morgan fingerprint density at radius 2 is 2.13 bits per heavy atom. The molecule has 2 atom stereocenters. The van der Waals surface area contributed by atoms with E-state index in [1.54, 1.807) is 17.7 Å². The molecule has 1 saturated heterocycles. The van der Waals surface area contributed by atoms with Gasteiger partial charge in [-0.2, -0.15) is 15.6 Å². The van der Waals surface area contributed by atoms with E-state index < -0.39 is 8.07 Å². The van der Waals surface area contributed by atoms with Crippen molar-refractivity contribution in [1.29, 1.82) is 10.5 Å². The van der Waals surface area contributed by atoms with Gasteiger partial charge in [-0.1, -0.05) is 19.6 Å². The molecule has 39 heavy (non-hydrogen) atoms. The average Bonchev–Trinajstić information content (AvgIpc) is 3.71. The lowest BCUT2D eigenvalue weighted by Crippen LogP contribution is -2.25. The number of hydrogen-bond donors (Lipinski definition) is 0. The highest BCUT2D eigenvalue weighted by Crippen LogP contribution is 2.40. The molecule has 0 bridgehead atoms. The van der Waals surface area contributed by atoms with Gasteiger partial charge < -0.3 is 14.2 Å². The van der Waals surface area contributed by atoms with Gasteiger partial charge in [0.1, 0.15) is 35.3 Å². The Bertz CT molecular complexity index is 1540. The van der Waals surface area contributed by atoms with Crippen molar-refractivity contribution in [1.82, 2.24) is 24.3 Å². The minimum Gasteiger partial charge on any atom is -0.362 e. The van der Waals surface area contributed by atoms with Gasteiger partial charge >= 0.3 is 0 Å². The minimum absolute atomic E-state index is 0.0654. The molecule has 0 amide bonds. The van der Waals surface area contributed by atoms with E-state index >= 15 is 0 Å². The highest BCUT2D eigenvalue weighted by molar-refractivity contribution is 9.10. The third-order valence-corrected chi connectivity index (χ3v) is 10.9. The van der Waals surface area contributed by atoms with Crippen LogP contribution in [-0.4, -0.2) is 52.1 Å². The van der Waals surface area contributed by atoms with E-state index in [0.717, 1.165) is 63.9 Å². The van der Waals surface area contributed by atoms with Crippen LogP contribution in [0.1, 0.15) is 24.4 Å². The summed E-state index contributed by atoms with van der Waals surface area (Å²) in [5, 5.41) is 27.8. The monoisotopic (exact) mass is 622 g/mol. The molecule has 12 heteroatoms. The summed E-state index contributed by atoms with van der Waals surface area (Å²) < 4.78 is 10.7. The van der Waals surface area contributed by atoms with Crippen LogP contribution in [0.2, 0.25) is 25.7 Å². The zero-order chi connectivity index (χ0) is 27.6. The molecular formula is C27H31BrN8OSSi. The van der Waals surface area contributed by atoms with Crippen LogP contribution in [0.15, 0.2) is 40.8 Å². The third-order valence-electron chi connectivity index (χ3n) is 7.19. The van der Waals surface area contributed by atoms with Crippen molar-refractivity contribution in [2.75, 3.05) is 24.6 Å². The number of anilines is 1. The Kier molecular flexibility index (Phi) is 8.19. The van der Waals surface area contributed by atoms with E-state index in [1.807, 2.05) is 39.3 Å². The van der Waals surface area contributed by atoms with Crippen LogP contribution in [0, 0.1) is 28.6 Å². The lowest BCUT2D eigenvalue weighted by molar-refractivity contribution is 0.0899. The van der Waals surface area contributed by atoms with Crippen LogP contribution in [-0.2, 0) is 11.5 Å². The van der Waals surface area contributed by atoms with E-state index in [4.69, 9.17) is 9.84 Å². The van der Waals surface area contributed by atoms with Crippen LogP contribution in [0.5, 0.6) is 0 Å². The zero-order valence-corrected chi connectivity index (χ0v) is 25.7. The molecule has 0 aromatic carbocycles. The molecule has 1 aliphatic heterocycles. The molecule has 0 unspecified atom stereocenters. The van der Waals surface area contributed by atoms with Gasteiger partial charge in [-0.3, -0.25) is 4.68 Å². The summed E-state index contributed by atoms with van der Waals surface area (Å²) in [6.45, 7) is 9.88. The molecule has 9 nitrogen and oxygen atoms in total. The van der Waals surface area contributed by atoms with Gasteiger partial charge in [0.2, 0.25) is 0 Å². The highest BCUT2D eigenvalue weighted by atomic mass is 79.9. The number of halogens is 1. The van der Waals surface area contributed by atoms with Gasteiger partial charge in [0, 0.05) is 66.9 Å². The molecule has 0 aliphatic carbocycles. The smallest absolute Gasteiger partial charge is 0.145 e. The first-order valence-corrected chi connectivity index (χ1v) is 18.4. The van der Waals surface area contributed by atoms with Gasteiger partial charge in [-0.15, -0.1) is 11.3 Å². The van der Waals surface area contributed by atoms with Crippen LogP contribution in [0.4, 0.5) is 5.00 Å². The first kappa shape index (κ1) is 27.5. The molecule has 0 radical (unpaired) electrons. The van der Waals surface area contributed by atoms with Crippen molar-refractivity contribution >= 4 is 51.4 Å². The summed E-state index contributed by atoms with van der Waals surface area (Å²) in [6, 6.07) is 7.76. The van der Waals surface area contributed by atoms with Crippen molar-refractivity contribution < 1.29 is 4.74 Å². The van der Waals surface area contributed by atoms with Crippen LogP contribution >= 0.6 is 27.3 Å². The van der Waals surface area contributed by atoms with Crippen molar-refractivity contribution in [3.05, 3.63) is 46.4 Å². The maximum atomic E-state index is 9.64. The highest BCUT2D eigenvalue weighted by Gasteiger charge is 2.33. The molecule has 1 aliphatic rings. The quantitative estimate of drug-likeness (QED) is 0.151. The van der Waals surface area contributed by atoms with E-state index in [-0.39, 0.29) is 12.0 Å². The molecule has 5 rings (SSSR count). The van der Waals surface area contributed by atoms with Crippen molar-refractivity contribution in [3.63, 3.8) is 0 Å². The van der Waals surface area contributed by atoms with E-state index in [0.29, 0.717) is 18.7 Å². The van der Waals surface area contributed by atoms with Crippen LogP contribution in [0.3, 0.4) is 0 Å². The standard InChI is InChI=1S/C27H31BrN8OSSi/c1-39(2,3)11-10-37-18-35-9-6-21-25(31-17-32-26(21)35)20-13-33-36(15-20)24(4-7-29)19-5-8-34(14-19)27-22(12-30)23(28)16-38-27/h6,9,13,15-17,19,24H,4-5,8,10-11,14,18H2,1-3H3/t19-,24-/m0/s1. The number of rotatable bonds is 10. The number of hydrogen-bond acceptors (Lipinski definition) is 8. The van der Waals surface area contributed by atoms with Crippen LogP contribution in [0.25, 0.3) is 22.3 Å². The molecule has 202 valence electrons. The fourth-order valence-corrected chi connectivity index (χ4v) is 7.40. The minimum atomic E-state index is -1.14. The lowest BCUT2D eigenvalue weighted by atomic mass is 9.96. The van der Waals surface area contributed by atoms with Crippen LogP contribution < -0.4 is 4.90 Å². The maximum Gasteiger partial charge on any atom is 0.145 e. The molecule has 4 aromatic rings. The van der Waals surface area contributed by atoms with Gasteiger partial charge in [0.25, 0.3) is 0 Å². The number of thiophene rings is 1. The third kappa shape index (κ3) is 5.94. The van der Waals surface area contributed by atoms with E-state index in [1.165, 1.54) is 0 Å². The number of nitrogens with zero attached hydrogens (tertiary/aromatic N) is 8. The fraction of sp³-hybridized carbons (Fsp3) is 0.444. The number of nitriles is 2. The molecule has 0 N–H and O–H groups in total. The summed E-state index contributed by atoms with van der Waals surface area (Å²) in [5.74, 6) is 0.240. The first-order valence-electron chi connectivity index (χ1n) is 13.0. The summed E-state index contributed by atoms with van der Waals surface area (Å²) in [6.07, 6.45) is 8.69. The second-order valence-corrected chi connectivity index (χ2v) is 18.4. The summed E-state index contributed by atoms with van der Waals surface area (Å²) >= 11 is 5.06. The van der Waals surface area contributed by atoms with E-state index in [2.05, 4.69) is 62.6 Å². The van der Waals surface area contributed by atoms with Gasteiger partial charge in [-0.05, 0) is 34.5 Å². The number of aromatic nitrogens is 5. The Hall–Kier alpha value is -3.03. The van der Waals surface area contributed by atoms with Crippen molar-refractivity contribution in [2.24, 2.45) is 5.92 Å². The van der Waals surface area contributed by atoms with Crippen molar-refractivity contribution in [2.45, 2.75) is 51.3 Å². The number of ether oxygens (including phenoxy) is 1. The van der Waals surface area contributed by atoms with Crippen molar-refractivity contribution in [3.8, 4) is 23.4 Å². The average molecular weight is 624 g/mol. The topological polar surface area (TPSA) is 109 Å². The predicted molar refractivity (Wildman–Crippen MR) is 159 cm³/mol. The second kappa shape index (κ2) is 11.6. The van der Waals surface area contributed by atoms with E-state index in [9.17, 15) is 10.5 Å². The zero-order valence-electron chi connectivity index (χ0n) is 22.3. The first-order chi connectivity index (χ1) is 18.8. The predicted octanol–water partition coefficient (Wildman–Crippen LogP) is 6.28. The summed E-state index contributed by atoms with van der Waals surface area (Å²) in [4.78, 5) is 11.4. The molecule has 0 spiro atoms. The normalized spacial score (nSPS) is 16.5. The molecule has 5 heterocycles. The Balaban J connectivity index is 1.33. The lowest BCUT2D eigenvalue weighted by Gasteiger charge is -2.23. The SMILES string of the molecule is C[Si](C)(C)CCOCn1ccc2c(-c3cnn([C@@H](CC#N)[C@H]4CCN(c5scc(Br)c5C#N)C4)c3)ncnc21. The fourth-order valence-electron chi connectivity index (χ4n) is 5.04. The second-order valence-electron chi connectivity index (χ2n) is 11.1. The number of fused-ring (bicyclic) bond motifs is 1. The molecule has 4 aromatic heterocycles. The largest absolute Gasteiger partial charge is 0.362 e. The Labute approximate surface area is 241 Å². The van der Waals surface area contributed by atoms with Gasteiger partial charge in [-0.25, -0.2) is 9.97 Å². The Morgan fingerprint density at radius 3 is 2.90 bits per heavy atom. The van der Waals surface area contributed by atoms with Gasteiger partial charge in [0.15, 0.2) is 0 Å². The summed E-state index contributed by atoms with van der Waals surface area (Å²) in [5.41, 5.74) is 3.22. The van der Waals surface area contributed by atoms with Gasteiger partial charge in [0.05, 0.1) is 30.4 Å².